The molecule has 1 heterocycles. The number of pyridine rings is 1. The molecular formula is C22H19NO4. The highest BCUT2D eigenvalue weighted by Gasteiger charge is 2.28. The van der Waals surface area contributed by atoms with Gasteiger partial charge in [0.15, 0.2) is 0 Å². The van der Waals surface area contributed by atoms with E-state index in [-0.39, 0.29) is 11.5 Å². The summed E-state index contributed by atoms with van der Waals surface area (Å²) in [6, 6.07) is 19.7. The van der Waals surface area contributed by atoms with E-state index in [0.717, 1.165) is 5.56 Å². The average molecular weight is 361 g/mol. The number of hydrogen-bond acceptors (Lipinski definition) is 4. The van der Waals surface area contributed by atoms with Crippen LogP contribution in [0.5, 0.6) is 0 Å². The molecule has 5 heteroatoms. The van der Waals surface area contributed by atoms with Crippen molar-refractivity contribution in [2.75, 3.05) is 0 Å². The van der Waals surface area contributed by atoms with E-state index in [0.29, 0.717) is 11.1 Å². The van der Waals surface area contributed by atoms with E-state index in [2.05, 4.69) is 4.98 Å². The Hall–Kier alpha value is -3.47. The zero-order valence-corrected chi connectivity index (χ0v) is 14.8. The van der Waals surface area contributed by atoms with Gasteiger partial charge in [0, 0.05) is 18.3 Å². The SMILES string of the molecule is CC(c1ccncc1C(=O)O)C(OC(=O)c1ccccc1)c1ccccc1. The van der Waals surface area contributed by atoms with E-state index in [1.54, 1.807) is 36.5 Å². The van der Waals surface area contributed by atoms with Gasteiger partial charge in [-0.25, -0.2) is 9.59 Å². The first-order chi connectivity index (χ1) is 13.1. The lowest BCUT2D eigenvalue weighted by molar-refractivity contribution is 0.0239. The Balaban J connectivity index is 1.98. The Labute approximate surface area is 157 Å². The second kappa shape index (κ2) is 8.27. The molecule has 0 fully saturated rings. The summed E-state index contributed by atoms with van der Waals surface area (Å²) in [6.45, 7) is 1.84. The van der Waals surface area contributed by atoms with Crippen LogP contribution in [0.3, 0.4) is 0 Å². The maximum atomic E-state index is 12.6. The molecular weight excluding hydrogens is 342 g/mol. The summed E-state index contributed by atoms with van der Waals surface area (Å²) >= 11 is 0. The van der Waals surface area contributed by atoms with Crippen LogP contribution in [0.1, 0.15) is 50.8 Å². The number of carbonyl (C=O) groups is 2. The predicted octanol–water partition coefficient (Wildman–Crippen LogP) is 4.48. The average Bonchev–Trinajstić information content (AvgIpc) is 2.72. The van der Waals surface area contributed by atoms with Crippen LogP contribution in [0, 0.1) is 0 Å². The minimum Gasteiger partial charge on any atom is -0.478 e. The van der Waals surface area contributed by atoms with Crippen molar-refractivity contribution in [2.24, 2.45) is 0 Å². The summed E-state index contributed by atoms with van der Waals surface area (Å²) < 4.78 is 5.82. The van der Waals surface area contributed by atoms with E-state index in [4.69, 9.17) is 4.74 Å². The van der Waals surface area contributed by atoms with Crippen molar-refractivity contribution in [3.8, 4) is 0 Å². The standard InChI is InChI=1S/C22H19NO4/c1-15(18-12-13-23-14-19(18)21(24)25)20(16-8-4-2-5-9-16)27-22(26)17-10-6-3-7-11-17/h2-15,20H,1H3,(H,24,25). The van der Waals surface area contributed by atoms with Gasteiger partial charge in [-0.05, 0) is 29.3 Å². The van der Waals surface area contributed by atoms with E-state index < -0.39 is 18.0 Å². The number of nitrogens with zero attached hydrogens (tertiary/aromatic N) is 1. The van der Waals surface area contributed by atoms with Crippen LogP contribution in [-0.4, -0.2) is 22.0 Å². The topological polar surface area (TPSA) is 76.5 Å². The van der Waals surface area contributed by atoms with Crippen molar-refractivity contribution < 1.29 is 19.4 Å². The monoisotopic (exact) mass is 361 g/mol. The van der Waals surface area contributed by atoms with Gasteiger partial charge >= 0.3 is 11.9 Å². The highest BCUT2D eigenvalue weighted by atomic mass is 16.5. The van der Waals surface area contributed by atoms with Crippen LogP contribution in [0.25, 0.3) is 0 Å². The first kappa shape index (κ1) is 18.3. The van der Waals surface area contributed by atoms with Crippen molar-refractivity contribution in [1.29, 1.82) is 0 Å². The molecule has 3 rings (SSSR count). The number of carboxylic acid groups (broad SMARTS) is 1. The number of rotatable bonds is 6. The second-order valence-electron chi connectivity index (χ2n) is 6.16. The van der Waals surface area contributed by atoms with Gasteiger partial charge in [0.05, 0.1) is 11.1 Å². The Kier molecular flexibility index (Phi) is 5.61. The number of carbonyl (C=O) groups excluding carboxylic acids is 1. The molecule has 5 nitrogen and oxygen atoms in total. The highest BCUT2D eigenvalue weighted by molar-refractivity contribution is 5.90. The van der Waals surface area contributed by atoms with Crippen LogP contribution >= 0.6 is 0 Å². The normalized spacial score (nSPS) is 12.8. The fourth-order valence-corrected chi connectivity index (χ4v) is 3.00. The fraction of sp³-hybridized carbons (Fsp3) is 0.136. The van der Waals surface area contributed by atoms with Crippen molar-refractivity contribution in [2.45, 2.75) is 18.9 Å². The summed E-state index contributed by atoms with van der Waals surface area (Å²) in [4.78, 5) is 28.1. The van der Waals surface area contributed by atoms with Gasteiger partial charge in [-0.2, -0.15) is 0 Å². The molecule has 2 atom stereocenters. The lowest BCUT2D eigenvalue weighted by atomic mass is 9.88. The van der Waals surface area contributed by atoms with Crippen LogP contribution in [0.4, 0.5) is 0 Å². The van der Waals surface area contributed by atoms with Crippen LogP contribution in [0.15, 0.2) is 79.1 Å². The maximum absolute atomic E-state index is 12.6. The Morgan fingerprint density at radius 1 is 0.963 bits per heavy atom. The summed E-state index contributed by atoms with van der Waals surface area (Å²) in [5.41, 5.74) is 1.90. The third-order valence-corrected chi connectivity index (χ3v) is 4.40. The number of benzene rings is 2. The quantitative estimate of drug-likeness (QED) is 0.655. The Bertz CT molecular complexity index is 925. The lowest BCUT2D eigenvalue weighted by Crippen LogP contribution is -2.19. The molecule has 0 aliphatic heterocycles. The number of carboxylic acids is 1. The maximum Gasteiger partial charge on any atom is 0.338 e. The van der Waals surface area contributed by atoms with Crippen molar-refractivity contribution in [1.82, 2.24) is 4.98 Å². The largest absolute Gasteiger partial charge is 0.478 e. The van der Waals surface area contributed by atoms with Gasteiger partial charge in [0.2, 0.25) is 0 Å². The second-order valence-corrected chi connectivity index (χ2v) is 6.16. The minimum atomic E-state index is -1.06. The number of hydrogen-bond donors (Lipinski definition) is 1. The van der Waals surface area contributed by atoms with Gasteiger partial charge < -0.3 is 9.84 Å². The number of aromatic carboxylic acids is 1. The third kappa shape index (κ3) is 4.20. The molecule has 0 saturated heterocycles. The van der Waals surface area contributed by atoms with Crippen LogP contribution in [-0.2, 0) is 4.74 Å². The highest BCUT2D eigenvalue weighted by Crippen LogP contribution is 2.35. The molecule has 3 aromatic rings. The van der Waals surface area contributed by atoms with Crippen molar-refractivity contribution in [3.63, 3.8) is 0 Å². The molecule has 0 radical (unpaired) electrons. The molecule has 0 aliphatic rings. The van der Waals surface area contributed by atoms with Gasteiger partial charge in [-0.15, -0.1) is 0 Å². The lowest BCUT2D eigenvalue weighted by Gasteiger charge is -2.26. The minimum absolute atomic E-state index is 0.0988. The van der Waals surface area contributed by atoms with Gasteiger partial charge in [-0.1, -0.05) is 55.5 Å². The smallest absolute Gasteiger partial charge is 0.338 e. The van der Waals surface area contributed by atoms with Crippen LogP contribution < -0.4 is 0 Å². The number of ether oxygens (including phenoxy) is 1. The Morgan fingerprint density at radius 3 is 2.22 bits per heavy atom. The van der Waals surface area contributed by atoms with E-state index in [1.165, 1.54) is 6.20 Å². The number of esters is 1. The van der Waals surface area contributed by atoms with Crippen molar-refractivity contribution in [3.05, 3.63) is 101 Å². The summed E-state index contributed by atoms with van der Waals surface area (Å²) in [5, 5.41) is 9.48. The van der Waals surface area contributed by atoms with E-state index in [9.17, 15) is 14.7 Å². The molecule has 0 aliphatic carbocycles. The zero-order chi connectivity index (χ0) is 19.2. The molecule has 1 N–H and O–H groups in total. The molecule has 1 aromatic heterocycles. The fourth-order valence-electron chi connectivity index (χ4n) is 3.00. The van der Waals surface area contributed by atoms with E-state index >= 15 is 0 Å². The molecule has 2 unspecified atom stereocenters. The van der Waals surface area contributed by atoms with Gasteiger partial charge in [0.25, 0.3) is 0 Å². The molecule has 136 valence electrons. The molecule has 0 bridgehead atoms. The predicted molar refractivity (Wildman–Crippen MR) is 101 cm³/mol. The first-order valence-corrected chi connectivity index (χ1v) is 8.56. The molecule has 0 amide bonds. The van der Waals surface area contributed by atoms with Gasteiger partial charge in [-0.3, -0.25) is 4.98 Å². The van der Waals surface area contributed by atoms with Crippen molar-refractivity contribution >= 4 is 11.9 Å². The first-order valence-electron chi connectivity index (χ1n) is 8.56. The number of aromatic nitrogens is 1. The molecule has 2 aromatic carbocycles. The van der Waals surface area contributed by atoms with Gasteiger partial charge in [0.1, 0.15) is 6.10 Å². The van der Waals surface area contributed by atoms with Crippen LogP contribution in [0.2, 0.25) is 0 Å². The molecule has 0 spiro atoms. The zero-order valence-electron chi connectivity index (χ0n) is 14.8. The summed E-state index contributed by atoms with van der Waals surface area (Å²) in [7, 11) is 0. The Morgan fingerprint density at radius 2 is 1.59 bits per heavy atom. The third-order valence-electron chi connectivity index (χ3n) is 4.40. The summed E-state index contributed by atoms with van der Waals surface area (Å²) in [5.74, 6) is -1.90. The molecule has 27 heavy (non-hydrogen) atoms. The molecule has 0 saturated carbocycles. The summed E-state index contributed by atoms with van der Waals surface area (Å²) in [6.07, 6.45) is 2.22. The van der Waals surface area contributed by atoms with E-state index in [1.807, 2.05) is 43.3 Å².